The van der Waals surface area contributed by atoms with Gasteiger partial charge < -0.3 is 14.5 Å². The maximum Gasteiger partial charge on any atom is 0.310 e. The highest BCUT2D eigenvalue weighted by Crippen LogP contribution is 2.21. The zero-order valence-electron chi connectivity index (χ0n) is 17.1. The summed E-state index contributed by atoms with van der Waals surface area (Å²) in [6, 6.07) is 1.92. The lowest BCUT2D eigenvalue weighted by atomic mass is 9.98. The fourth-order valence-electron chi connectivity index (χ4n) is 3.78. The molecule has 2 aliphatic rings. The molecule has 2 saturated heterocycles. The van der Waals surface area contributed by atoms with Crippen molar-refractivity contribution in [1.29, 1.82) is 0 Å². The number of ether oxygens (including phenoxy) is 1. The van der Waals surface area contributed by atoms with Crippen LogP contribution in [0, 0.1) is 5.92 Å². The van der Waals surface area contributed by atoms with E-state index in [0.717, 1.165) is 43.3 Å². The van der Waals surface area contributed by atoms with Crippen molar-refractivity contribution in [3.8, 4) is 5.82 Å². The van der Waals surface area contributed by atoms with Gasteiger partial charge in [0.15, 0.2) is 0 Å². The lowest BCUT2D eigenvalue weighted by molar-refractivity contribution is -0.149. The molecule has 1 atom stereocenters. The van der Waals surface area contributed by atoms with E-state index in [1.807, 2.05) is 17.8 Å². The number of piperidine rings is 1. The van der Waals surface area contributed by atoms with Crippen LogP contribution in [-0.2, 0) is 9.53 Å². The molecule has 2 aromatic rings. The van der Waals surface area contributed by atoms with Crippen LogP contribution in [0.4, 0.5) is 5.82 Å². The van der Waals surface area contributed by atoms with Gasteiger partial charge in [-0.1, -0.05) is 0 Å². The molecular formula is C20H26N6O3S. The highest BCUT2D eigenvalue weighted by Gasteiger charge is 2.30. The number of esters is 1. The molecule has 0 bridgehead atoms. The number of carbonyl (C=O) groups is 2. The molecule has 30 heavy (non-hydrogen) atoms. The summed E-state index contributed by atoms with van der Waals surface area (Å²) in [6.45, 7) is 5.06. The first-order chi connectivity index (χ1) is 14.7. The van der Waals surface area contributed by atoms with Gasteiger partial charge in [0.05, 0.1) is 12.5 Å². The predicted molar refractivity (Wildman–Crippen MR) is 114 cm³/mol. The van der Waals surface area contributed by atoms with E-state index < -0.39 is 0 Å². The average molecular weight is 431 g/mol. The number of anilines is 1. The number of aromatic nitrogens is 4. The number of hydrogen-bond acceptors (Lipinski definition) is 8. The Kier molecular flexibility index (Phi) is 6.51. The lowest BCUT2D eigenvalue weighted by Crippen LogP contribution is -2.43. The second-order valence-corrected chi connectivity index (χ2v) is 8.57. The maximum atomic E-state index is 12.9. The van der Waals surface area contributed by atoms with Gasteiger partial charge >= 0.3 is 5.97 Å². The summed E-state index contributed by atoms with van der Waals surface area (Å²) in [5.41, 5.74) is 0.342. The van der Waals surface area contributed by atoms with Crippen molar-refractivity contribution in [2.24, 2.45) is 5.92 Å². The minimum atomic E-state index is -0.267. The molecule has 0 spiro atoms. The molecule has 2 fully saturated rings. The van der Waals surface area contributed by atoms with Crippen LogP contribution in [0.5, 0.6) is 0 Å². The van der Waals surface area contributed by atoms with Gasteiger partial charge in [0.2, 0.25) is 0 Å². The van der Waals surface area contributed by atoms with E-state index in [9.17, 15) is 9.59 Å². The molecule has 10 heteroatoms. The van der Waals surface area contributed by atoms with Gasteiger partial charge in [-0.3, -0.25) is 14.2 Å². The van der Waals surface area contributed by atoms with Crippen molar-refractivity contribution in [3.63, 3.8) is 0 Å². The number of nitrogens with zero attached hydrogens (tertiary/aromatic N) is 6. The van der Waals surface area contributed by atoms with Crippen molar-refractivity contribution in [2.45, 2.75) is 19.8 Å². The van der Waals surface area contributed by atoms with Gasteiger partial charge in [-0.25, -0.2) is 15.0 Å². The smallest absolute Gasteiger partial charge is 0.310 e. The van der Waals surface area contributed by atoms with Gasteiger partial charge in [0.1, 0.15) is 30.0 Å². The van der Waals surface area contributed by atoms with Crippen molar-refractivity contribution < 1.29 is 14.3 Å². The monoisotopic (exact) mass is 430 g/mol. The van der Waals surface area contributed by atoms with Gasteiger partial charge in [-0.2, -0.15) is 11.8 Å². The second-order valence-electron chi connectivity index (χ2n) is 7.34. The number of imidazole rings is 1. The van der Waals surface area contributed by atoms with Crippen molar-refractivity contribution in [1.82, 2.24) is 24.4 Å². The lowest BCUT2D eigenvalue weighted by Gasteiger charge is -2.31. The van der Waals surface area contributed by atoms with Crippen LogP contribution < -0.4 is 4.90 Å². The van der Waals surface area contributed by atoms with Crippen LogP contribution in [-0.4, -0.2) is 80.6 Å². The van der Waals surface area contributed by atoms with Gasteiger partial charge in [-0.05, 0) is 19.8 Å². The molecule has 4 heterocycles. The number of carbonyl (C=O) groups excluding carboxylic acids is 2. The molecule has 2 aliphatic heterocycles. The Morgan fingerprint density at radius 3 is 2.77 bits per heavy atom. The van der Waals surface area contributed by atoms with Crippen LogP contribution in [0.25, 0.3) is 5.82 Å². The van der Waals surface area contributed by atoms with Crippen LogP contribution in [0.1, 0.15) is 30.3 Å². The molecule has 0 aliphatic carbocycles. The Bertz CT molecular complexity index is 898. The average Bonchev–Trinajstić information content (AvgIpc) is 3.30. The zero-order chi connectivity index (χ0) is 20.9. The van der Waals surface area contributed by atoms with Gasteiger partial charge in [0.25, 0.3) is 5.91 Å². The number of rotatable bonds is 5. The molecule has 0 N–H and O–H groups in total. The largest absolute Gasteiger partial charge is 0.466 e. The number of thioether (sulfide) groups is 1. The van der Waals surface area contributed by atoms with E-state index in [-0.39, 0.29) is 17.8 Å². The van der Waals surface area contributed by atoms with E-state index >= 15 is 0 Å². The highest BCUT2D eigenvalue weighted by atomic mass is 32.2. The van der Waals surface area contributed by atoms with Crippen LogP contribution >= 0.6 is 11.8 Å². The standard InChI is InChI=1S/C20H26N6O3S/c1-2-29-20(28)15-4-3-5-25(11-15)19(27)16-12-26(14-23-16)18-10-17(21-13-22-18)24-6-8-30-9-7-24/h10,12-15H,2-9,11H2,1H3. The molecule has 0 aromatic carbocycles. The number of likely N-dealkylation sites (tertiary alicyclic amines) is 1. The third-order valence-electron chi connectivity index (χ3n) is 5.37. The van der Waals surface area contributed by atoms with E-state index in [1.165, 1.54) is 0 Å². The maximum absolute atomic E-state index is 12.9. The highest BCUT2D eigenvalue weighted by molar-refractivity contribution is 7.99. The Balaban J connectivity index is 1.46. The molecule has 0 saturated carbocycles. The molecular weight excluding hydrogens is 404 g/mol. The summed E-state index contributed by atoms with van der Waals surface area (Å²) in [6.07, 6.45) is 6.35. The molecule has 9 nitrogen and oxygen atoms in total. The minimum Gasteiger partial charge on any atom is -0.466 e. The third kappa shape index (κ3) is 4.58. The Hall–Kier alpha value is -2.62. The Morgan fingerprint density at radius 2 is 1.97 bits per heavy atom. The summed E-state index contributed by atoms with van der Waals surface area (Å²) in [5.74, 6) is 3.06. The first-order valence-electron chi connectivity index (χ1n) is 10.3. The van der Waals surface area contributed by atoms with E-state index in [2.05, 4.69) is 19.9 Å². The van der Waals surface area contributed by atoms with Gasteiger partial charge in [0, 0.05) is 49.9 Å². The quantitative estimate of drug-likeness (QED) is 0.661. The summed E-state index contributed by atoms with van der Waals surface area (Å²) in [4.78, 5) is 42.0. The van der Waals surface area contributed by atoms with Gasteiger partial charge in [-0.15, -0.1) is 0 Å². The number of hydrogen-bond donors (Lipinski definition) is 0. The van der Waals surface area contributed by atoms with E-state index in [1.54, 1.807) is 35.2 Å². The van der Waals surface area contributed by atoms with E-state index in [0.29, 0.717) is 31.2 Å². The summed E-state index contributed by atoms with van der Waals surface area (Å²) >= 11 is 1.95. The predicted octanol–water partition coefficient (Wildman–Crippen LogP) is 1.63. The third-order valence-corrected chi connectivity index (χ3v) is 6.31. The first kappa shape index (κ1) is 20.6. The SMILES string of the molecule is CCOC(=O)C1CCCN(C(=O)c2cn(-c3cc(N4CCSCC4)ncn3)cn2)C1. The molecule has 1 amide bonds. The molecule has 1 unspecified atom stereocenters. The second kappa shape index (κ2) is 9.46. The van der Waals surface area contributed by atoms with Crippen LogP contribution in [0.3, 0.4) is 0 Å². The van der Waals surface area contributed by atoms with Crippen LogP contribution in [0.2, 0.25) is 0 Å². The van der Waals surface area contributed by atoms with Crippen LogP contribution in [0.15, 0.2) is 24.9 Å². The summed E-state index contributed by atoms with van der Waals surface area (Å²) in [7, 11) is 0. The summed E-state index contributed by atoms with van der Waals surface area (Å²) in [5, 5.41) is 0. The first-order valence-corrected chi connectivity index (χ1v) is 11.5. The topological polar surface area (TPSA) is 93.5 Å². The fourth-order valence-corrected chi connectivity index (χ4v) is 4.68. The Morgan fingerprint density at radius 1 is 1.17 bits per heavy atom. The van der Waals surface area contributed by atoms with E-state index in [4.69, 9.17) is 4.74 Å². The zero-order valence-corrected chi connectivity index (χ0v) is 17.9. The Labute approximate surface area is 179 Å². The van der Waals surface area contributed by atoms with Crippen molar-refractivity contribution >= 4 is 29.5 Å². The summed E-state index contributed by atoms with van der Waals surface area (Å²) < 4.78 is 6.86. The van der Waals surface area contributed by atoms with Crippen molar-refractivity contribution in [2.75, 3.05) is 49.2 Å². The van der Waals surface area contributed by atoms with Crippen molar-refractivity contribution in [3.05, 3.63) is 30.6 Å². The normalized spacial score (nSPS) is 19.6. The fraction of sp³-hybridized carbons (Fsp3) is 0.550. The molecule has 2 aromatic heterocycles. The molecule has 160 valence electrons. The molecule has 0 radical (unpaired) electrons. The number of amides is 1. The minimum absolute atomic E-state index is 0.176. The molecule has 4 rings (SSSR count).